The van der Waals surface area contributed by atoms with Crippen molar-refractivity contribution in [3.8, 4) is 0 Å². The number of aliphatic hydroxyl groups is 1. The van der Waals surface area contributed by atoms with Crippen molar-refractivity contribution in [2.24, 2.45) is 0 Å². The smallest absolute Gasteiger partial charge is 0.0647 e. The van der Waals surface area contributed by atoms with Crippen molar-refractivity contribution in [2.45, 2.75) is 6.42 Å². The van der Waals surface area contributed by atoms with Crippen LogP contribution < -0.4 is 0 Å². The minimum absolute atomic E-state index is 0. The molecule has 0 unspecified atom stereocenters. The van der Waals surface area contributed by atoms with Gasteiger partial charge in [0.15, 0.2) is 0 Å². The molecule has 0 aromatic heterocycles. The predicted molar refractivity (Wildman–Crippen MR) is 75.5 cm³/mol. The van der Waals surface area contributed by atoms with Crippen LogP contribution in [0.5, 0.6) is 0 Å². The van der Waals surface area contributed by atoms with Crippen molar-refractivity contribution in [3.63, 3.8) is 0 Å². The topological polar surface area (TPSA) is 20.2 Å². The summed E-state index contributed by atoms with van der Waals surface area (Å²) in [5, 5.41) is 8.46. The Balaban J connectivity index is -0.0000000102. The summed E-state index contributed by atoms with van der Waals surface area (Å²) in [6.07, 6.45) is 6.88. The van der Waals surface area contributed by atoms with Gasteiger partial charge in [0.05, 0.1) is 6.61 Å². The Morgan fingerprint density at radius 2 is 1.40 bits per heavy atom. The zero-order chi connectivity index (χ0) is 5.11. The van der Waals surface area contributed by atoms with E-state index < -0.39 is 0 Å². The molecule has 0 bridgehead atoms. The van der Waals surface area contributed by atoms with Crippen LogP contribution in [0, 0.1) is 37.1 Å². The number of aliphatic hydroxyl groups excluding tert-OH is 1. The van der Waals surface area contributed by atoms with Crippen LogP contribution in [0.4, 0.5) is 0 Å². The van der Waals surface area contributed by atoms with Crippen LogP contribution in [0.15, 0.2) is 23.8 Å². The van der Waals surface area contributed by atoms with Gasteiger partial charge in [0.1, 0.15) is 0 Å². The summed E-state index contributed by atoms with van der Waals surface area (Å²) < 4.78 is 0. The molecule has 1 aliphatic carbocycles. The third-order valence-electron chi connectivity index (χ3n) is 1.05. The SMILES string of the molecule is Cl.Cl.OCC1=CC=CC1.[CH3-].[CH3-].[CH3-].[CH3-].[CH3-].[Hf]. The zero-order valence-electron chi connectivity index (χ0n) is 10.4. The molecule has 0 spiro atoms. The number of halogens is 2. The normalized spacial score (nSPS) is 8.20. The average molecular weight is 423 g/mol. The fraction of sp³-hybridized carbons (Fsp3) is 0.182. The van der Waals surface area contributed by atoms with Gasteiger partial charge in [-0.05, 0) is 12.0 Å². The van der Waals surface area contributed by atoms with Crippen molar-refractivity contribution in [3.05, 3.63) is 60.9 Å². The first-order valence-corrected chi connectivity index (χ1v) is 2.39. The van der Waals surface area contributed by atoms with E-state index in [-0.39, 0.29) is 94.4 Å². The van der Waals surface area contributed by atoms with Gasteiger partial charge in [-0.15, -0.1) is 24.8 Å². The summed E-state index contributed by atoms with van der Waals surface area (Å²) in [4.78, 5) is 0. The second-order valence-corrected chi connectivity index (χ2v) is 1.62. The predicted octanol–water partition coefficient (Wildman–Crippen LogP) is 3.96. The first kappa shape index (κ1) is 56.6. The van der Waals surface area contributed by atoms with Crippen LogP contribution in [0.25, 0.3) is 0 Å². The molecule has 0 aromatic rings. The Kier molecular flexibility index (Phi) is 137. The van der Waals surface area contributed by atoms with Crippen molar-refractivity contribution in [1.29, 1.82) is 0 Å². The minimum Gasteiger partial charge on any atom is -0.392 e. The van der Waals surface area contributed by atoms with Gasteiger partial charge >= 0.3 is 0 Å². The Morgan fingerprint density at radius 3 is 1.53 bits per heavy atom. The summed E-state index contributed by atoms with van der Waals surface area (Å²) in [6, 6.07) is 0. The van der Waals surface area contributed by atoms with Gasteiger partial charge < -0.3 is 42.2 Å². The van der Waals surface area contributed by atoms with E-state index in [9.17, 15) is 0 Å². The molecule has 1 rings (SSSR count). The molecule has 1 aliphatic rings. The maximum Gasteiger partial charge on any atom is 0.0647 e. The van der Waals surface area contributed by atoms with Crippen LogP contribution in [0.1, 0.15) is 6.42 Å². The number of hydrogen-bond acceptors (Lipinski definition) is 1. The van der Waals surface area contributed by atoms with Gasteiger partial charge in [-0.3, -0.25) is 0 Å². The van der Waals surface area contributed by atoms with E-state index in [0.717, 1.165) is 12.0 Å². The molecule has 0 saturated heterocycles. The Bertz CT molecular complexity index is 126. The van der Waals surface area contributed by atoms with Crippen molar-refractivity contribution < 1.29 is 30.9 Å². The van der Waals surface area contributed by atoms with Crippen LogP contribution in [-0.2, 0) is 25.8 Å². The molecular formula is C11H25Cl2HfO-5. The van der Waals surface area contributed by atoms with Crippen LogP contribution in [0.3, 0.4) is 0 Å². The van der Waals surface area contributed by atoms with Gasteiger partial charge in [-0.25, -0.2) is 0 Å². The third-order valence-corrected chi connectivity index (χ3v) is 1.05. The summed E-state index contributed by atoms with van der Waals surface area (Å²) >= 11 is 0. The van der Waals surface area contributed by atoms with Crippen molar-refractivity contribution >= 4 is 24.8 Å². The van der Waals surface area contributed by atoms with Gasteiger partial charge in [0, 0.05) is 25.8 Å². The van der Waals surface area contributed by atoms with Gasteiger partial charge in [-0.1, -0.05) is 18.2 Å². The molecule has 4 heteroatoms. The fourth-order valence-electron chi connectivity index (χ4n) is 0.609. The molecule has 15 heavy (non-hydrogen) atoms. The van der Waals surface area contributed by atoms with Crippen LogP contribution in [0.2, 0.25) is 0 Å². The van der Waals surface area contributed by atoms with E-state index >= 15 is 0 Å². The largest absolute Gasteiger partial charge is 0.392 e. The Morgan fingerprint density at radius 1 is 1.00 bits per heavy atom. The number of allylic oxidation sites excluding steroid dienone is 3. The molecule has 0 heterocycles. The zero-order valence-corrected chi connectivity index (χ0v) is 15.6. The van der Waals surface area contributed by atoms with Crippen molar-refractivity contribution in [2.75, 3.05) is 6.61 Å². The molecule has 0 amide bonds. The molecule has 0 saturated carbocycles. The van der Waals surface area contributed by atoms with Gasteiger partial charge in [0.2, 0.25) is 0 Å². The summed E-state index contributed by atoms with van der Waals surface area (Å²) in [5.41, 5.74) is 1.11. The monoisotopic (exact) mass is 423 g/mol. The molecule has 0 aliphatic heterocycles. The maximum atomic E-state index is 8.46. The Labute approximate surface area is 129 Å². The fourth-order valence-corrected chi connectivity index (χ4v) is 0.609. The number of rotatable bonds is 1. The van der Waals surface area contributed by atoms with Gasteiger partial charge in [0.25, 0.3) is 0 Å². The minimum atomic E-state index is 0. The van der Waals surface area contributed by atoms with Crippen LogP contribution in [-0.4, -0.2) is 11.7 Å². The standard InChI is InChI=1S/C6H8O.5CH3.2ClH.Hf/c7-5-6-3-1-2-4-6;;;;;;;;/h1-3,7H,4-5H2;5*1H3;2*1H;/q;5*-1;;;. The molecular weight excluding hydrogens is 398 g/mol. The van der Waals surface area contributed by atoms with E-state index in [1.165, 1.54) is 0 Å². The quantitative estimate of drug-likeness (QED) is 0.501. The maximum absolute atomic E-state index is 8.46. The molecule has 1 N–H and O–H groups in total. The van der Waals surface area contributed by atoms with Crippen molar-refractivity contribution in [1.82, 2.24) is 0 Å². The third kappa shape index (κ3) is 25.3. The van der Waals surface area contributed by atoms with E-state index in [1.54, 1.807) is 0 Å². The molecule has 98 valence electrons. The average Bonchev–Trinajstić information content (AvgIpc) is 2.14. The van der Waals surface area contributed by atoms with E-state index in [2.05, 4.69) is 0 Å². The Hall–Kier alpha value is 0.890. The van der Waals surface area contributed by atoms with E-state index in [4.69, 9.17) is 5.11 Å². The van der Waals surface area contributed by atoms with Gasteiger partial charge in [-0.2, -0.15) is 0 Å². The summed E-state index contributed by atoms with van der Waals surface area (Å²) in [6.45, 7) is 0.215. The molecule has 0 atom stereocenters. The molecule has 1 nitrogen and oxygen atoms in total. The van der Waals surface area contributed by atoms with Crippen LogP contribution >= 0.6 is 24.8 Å². The molecule has 0 radical (unpaired) electrons. The summed E-state index contributed by atoms with van der Waals surface area (Å²) in [7, 11) is 0. The second-order valence-electron chi connectivity index (χ2n) is 1.62. The van der Waals surface area contributed by atoms with E-state index in [1.807, 2.05) is 18.2 Å². The first-order chi connectivity index (χ1) is 3.43. The second kappa shape index (κ2) is 36.3. The summed E-state index contributed by atoms with van der Waals surface area (Å²) in [5.74, 6) is 0. The first-order valence-electron chi connectivity index (χ1n) is 2.39. The molecule has 0 aromatic carbocycles. The van der Waals surface area contributed by atoms with E-state index in [0.29, 0.717) is 0 Å². The number of hydrogen-bond donors (Lipinski definition) is 1. The molecule has 0 fully saturated rings.